The van der Waals surface area contributed by atoms with Gasteiger partial charge in [0.15, 0.2) is 0 Å². The van der Waals surface area contributed by atoms with Gasteiger partial charge in [0.1, 0.15) is 5.76 Å². The van der Waals surface area contributed by atoms with Gasteiger partial charge >= 0.3 is 0 Å². The van der Waals surface area contributed by atoms with Crippen molar-refractivity contribution in [1.29, 1.82) is 0 Å². The third-order valence-corrected chi connectivity index (χ3v) is 2.61. The number of rotatable bonds is 5. The van der Waals surface area contributed by atoms with Crippen molar-refractivity contribution in [3.63, 3.8) is 0 Å². The summed E-state index contributed by atoms with van der Waals surface area (Å²) in [5, 5.41) is 14.1. The highest BCUT2D eigenvalue weighted by Gasteiger charge is 2.07. The highest BCUT2D eigenvalue weighted by molar-refractivity contribution is 5.20. The first-order valence-corrected chi connectivity index (χ1v) is 5.38. The van der Waals surface area contributed by atoms with E-state index in [1.165, 1.54) is 5.56 Å². The van der Waals surface area contributed by atoms with Crippen molar-refractivity contribution < 1.29 is 4.52 Å². The molecule has 2 N–H and O–H groups in total. The van der Waals surface area contributed by atoms with Crippen molar-refractivity contribution in [2.45, 2.75) is 26.8 Å². The minimum atomic E-state index is 0.809. The molecule has 0 spiro atoms. The van der Waals surface area contributed by atoms with Gasteiger partial charge in [0.2, 0.25) is 0 Å². The summed E-state index contributed by atoms with van der Waals surface area (Å²) in [6.07, 6.45) is 2.70. The number of aromatic nitrogens is 3. The van der Waals surface area contributed by atoms with Crippen molar-refractivity contribution in [1.82, 2.24) is 20.7 Å². The van der Waals surface area contributed by atoms with E-state index in [9.17, 15) is 0 Å². The van der Waals surface area contributed by atoms with Gasteiger partial charge in [-0.2, -0.15) is 5.10 Å². The molecule has 2 heterocycles. The zero-order chi connectivity index (χ0) is 11.4. The van der Waals surface area contributed by atoms with E-state index in [0.29, 0.717) is 0 Å². The van der Waals surface area contributed by atoms with Gasteiger partial charge in [0.05, 0.1) is 5.69 Å². The van der Waals surface area contributed by atoms with Crippen LogP contribution in [-0.4, -0.2) is 21.9 Å². The molecule has 0 aliphatic heterocycles. The van der Waals surface area contributed by atoms with Crippen LogP contribution in [0, 0.1) is 13.8 Å². The molecule has 5 heteroatoms. The zero-order valence-electron chi connectivity index (χ0n) is 9.58. The summed E-state index contributed by atoms with van der Waals surface area (Å²) in [6.45, 7) is 5.64. The lowest BCUT2D eigenvalue weighted by atomic mass is 10.1. The smallest absolute Gasteiger partial charge is 0.137 e. The summed E-state index contributed by atoms with van der Waals surface area (Å²) in [5.74, 6) is 0.917. The summed E-state index contributed by atoms with van der Waals surface area (Å²) in [5.41, 5.74) is 3.29. The first-order valence-electron chi connectivity index (χ1n) is 5.38. The van der Waals surface area contributed by atoms with Gasteiger partial charge in [-0.05, 0) is 32.9 Å². The van der Waals surface area contributed by atoms with Gasteiger partial charge in [-0.3, -0.25) is 5.10 Å². The van der Waals surface area contributed by atoms with E-state index in [1.807, 2.05) is 19.9 Å². The number of hydrogen-bond acceptors (Lipinski definition) is 4. The summed E-state index contributed by atoms with van der Waals surface area (Å²) in [7, 11) is 0. The molecule has 5 nitrogen and oxygen atoms in total. The number of hydrogen-bond donors (Lipinski definition) is 2. The Bertz CT molecular complexity index is 413. The van der Waals surface area contributed by atoms with E-state index in [1.54, 1.807) is 6.20 Å². The molecule has 0 aliphatic rings. The van der Waals surface area contributed by atoms with E-state index in [-0.39, 0.29) is 0 Å². The monoisotopic (exact) mass is 220 g/mol. The summed E-state index contributed by atoms with van der Waals surface area (Å²) in [6, 6.07) is 1.96. The summed E-state index contributed by atoms with van der Waals surface area (Å²) >= 11 is 0. The van der Waals surface area contributed by atoms with E-state index in [0.717, 1.165) is 36.7 Å². The van der Waals surface area contributed by atoms with E-state index < -0.39 is 0 Å². The van der Waals surface area contributed by atoms with Crippen molar-refractivity contribution >= 4 is 0 Å². The Labute approximate surface area is 94.2 Å². The van der Waals surface area contributed by atoms with Crippen molar-refractivity contribution in [2.24, 2.45) is 0 Å². The predicted molar refractivity (Wildman–Crippen MR) is 60.0 cm³/mol. The van der Waals surface area contributed by atoms with Crippen LogP contribution in [0.1, 0.15) is 22.7 Å². The maximum atomic E-state index is 5.10. The standard InChI is InChI=1S/C11H16N4O/c1-8-11(9(2)16-15-8)4-5-12-7-10-3-6-13-14-10/h3,6,12H,4-5,7H2,1-2H3,(H,13,14). The molecule has 86 valence electrons. The minimum absolute atomic E-state index is 0.809. The third kappa shape index (κ3) is 2.49. The topological polar surface area (TPSA) is 66.7 Å². The molecular weight excluding hydrogens is 204 g/mol. The van der Waals surface area contributed by atoms with Crippen LogP contribution < -0.4 is 5.32 Å². The fraction of sp³-hybridized carbons (Fsp3) is 0.455. The average molecular weight is 220 g/mol. The Morgan fingerprint density at radius 3 is 2.94 bits per heavy atom. The fourth-order valence-electron chi connectivity index (χ4n) is 1.68. The first-order chi connectivity index (χ1) is 7.77. The number of H-pyrrole nitrogens is 1. The molecule has 0 radical (unpaired) electrons. The van der Waals surface area contributed by atoms with Crippen molar-refractivity contribution in [2.75, 3.05) is 6.54 Å². The Morgan fingerprint density at radius 1 is 1.44 bits per heavy atom. The largest absolute Gasteiger partial charge is 0.361 e. The highest BCUT2D eigenvalue weighted by Crippen LogP contribution is 2.11. The van der Waals surface area contributed by atoms with Crippen molar-refractivity contribution in [3.05, 3.63) is 35.0 Å². The molecule has 2 aromatic heterocycles. The van der Waals surface area contributed by atoms with Crippen LogP contribution in [0.15, 0.2) is 16.8 Å². The second kappa shape index (κ2) is 4.94. The number of aryl methyl sites for hydroxylation is 2. The molecule has 0 saturated carbocycles. The van der Waals surface area contributed by atoms with Crippen LogP contribution in [-0.2, 0) is 13.0 Å². The molecule has 0 aliphatic carbocycles. The molecule has 2 rings (SSSR count). The SMILES string of the molecule is Cc1noc(C)c1CCNCc1ccn[nH]1. The molecule has 0 atom stereocenters. The van der Waals surface area contributed by atoms with E-state index >= 15 is 0 Å². The molecule has 0 saturated heterocycles. The Morgan fingerprint density at radius 2 is 2.31 bits per heavy atom. The van der Waals surface area contributed by atoms with Crippen molar-refractivity contribution in [3.8, 4) is 0 Å². The molecule has 2 aromatic rings. The van der Waals surface area contributed by atoms with Crippen LogP contribution >= 0.6 is 0 Å². The average Bonchev–Trinajstić information content (AvgIpc) is 2.87. The molecule has 0 aromatic carbocycles. The fourth-order valence-corrected chi connectivity index (χ4v) is 1.68. The normalized spacial score (nSPS) is 10.9. The molecule has 0 unspecified atom stereocenters. The Kier molecular flexibility index (Phi) is 3.36. The Hall–Kier alpha value is -1.62. The number of nitrogens with zero attached hydrogens (tertiary/aromatic N) is 2. The van der Waals surface area contributed by atoms with Crippen LogP contribution in [0.4, 0.5) is 0 Å². The van der Waals surface area contributed by atoms with E-state index in [4.69, 9.17) is 4.52 Å². The second-order valence-electron chi connectivity index (χ2n) is 3.81. The molecule has 16 heavy (non-hydrogen) atoms. The van der Waals surface area contributed by atoms with Gasteiger partial charge in [0, 0.05) is 24.0 Å². The van der Waals surface area contributed by atoms with Crippen LogP contribution in [0.5, 0.6) is 0 Å². The van der Waals surface area contributed by atoms with Crippen LogP contribution in [0.2, 0.25) is 0 Å². The minimum Gasteiger partial charge on any atom is -0.361 e. The lowest BCUT2D eigenvalue weighted by molar-refractivity contribution is 0.392. The zero-order valence-corrected chi connectivity index (χ0v) is 9.58. The maximum absolute atomic E-state index is 5.10. The predicted octanol–water partition coefficient (Wildman–Crippen LogP) is 1.35. The van der Waals surface area contributed by atoms with Gasteiger partial charge in [-0.25, -0.2) is 0 Å². The number of aromatic amines is 1. The summed E-state index contributed by atoms with van der Waals surface area (Å²) < 4.78 is 5.10. The van der Waals surface area contributed by atoms with Gasteiger partial charge in [-0.1, -0.05) is 5.16 Å². The molecule has 0 bridgehead atoms. The third-order valence-electron chi connectivity index (χ3n) is 2.61. The summed E-state index contributed by atoms with van der Waals surface area (Å²) in [4.78, 5) is 0. The molecule has 0 amide bonds. The van der Waals surface area contributed by atoms with Gasteiger partial charge < -0.3 is 9.84 Å². The van der Waals surface area contributed by atoms with E-state index in [2.05, 4.69) is 20.7 Å². The quantitative estimate of drug-likeness (QED) is 0.746. The highest BCUT2D eigenvalue weighted by atomic mass is 16.5. The van der Waals surface area contributed by atoms with Gasteiger partial charge in [0.25, 0.3) is 0 Å². The van der Waals surface area contributed by atoms with Gasteiger partial charge in [-0.15, -0.1) is 0 Å². The first kappa shape index (κ1) is 10.9. The number of nitrogens with one attached hydrogen (secondary N) is 2. The second-order valence-corrected chi connectivity index (χ2v) is 3.81. The van der Waals surface area contributed by atoms with Crippen LogP contribution in [0.25, 0.3) is 0 Å². The lowest BCUT2D eigenvalue weighted by Crippen LogP contribution is -2.17. The molecule has 0 fully saturated rings. The molecular formula is C11H16N4O. The van der Waals surface area contributed by atoms with Crippen LogP contribution in [0.3, 0.4) is 0 Å². The Balaban J connectivity index is 1.76. The maximum Gasteiger partial charge on any atom is 0.137 e. The lowest BCUT2D eigenvalue weighted by Gasteiger charge is -2.02.